The number of hydrogen-bond donors (Lipinski definition) is 0. The van der Waals surface area contributed by atoms with E-state index in [2.05, 4.69) is 0 Å². The number of hydrogen-bond acceptors (Lipinski definition) is 4. The molecule has 0 radical (unpaired) electrons. The van der Waals surface area contributed by atoms with Gasteiger partial charge in [-0.2, -0.15) is 4.31 Å². The van der Waals surface area contributed by atoms with E-state index >= 15 is 0 Å². The Kier molecular flexibility index (Phi) is 2.83. The van der Waals surface area contributed by atoms with Crippen LogP contribution in [0.4, 0.5) is 5.69 Å². The maximum atomic E-state index is 12.5. The van der Waals surface area contributed by atoms with Crippen molar-refractivity contribution in [2.75, 3.05) is 0 Å². The standard InChI is InChI=1S/C12H14N2O4S/c15-14(16)11-7-3-4-8-12(11)19(17,18)13-9-5-1-2-6-10(9)13/h3-4,7-10H,1-2,5-6H2/t9-,10+,13?. The molecule has 1 unspecified atom stereocenters. The number of para-hydroxylation sites is 1. The van der Waals surface area contributed by atoms with Gasteiger partial charge in [0.25, 0.3) is 15.7 Å². The van der Waals surface area contributed by atoms with Crippen LogP contribution in [-0.2, 0) is 10.0 Å². The molecule has 1 aliphatic carbocycles. The van der Waals surface area contributed by atoms with E-state index in [4.69, 9.17) is 0 Å². The zero-order valence-corrected chi connectivity index (χ0v) is 11.0. The zero-order chi connectivity index (χ0) is 13.6. The van der Waals surface area contributed by atoms with E-state index in [1.54, 1.807) is 0 Å². The molecule has 3 rings (SSSR count). The first-order chi connectivity index (χ1) is 9.03. The molecule has 2 aliphatic rings. The van der Waals surface area contributed by atoms with Crippen LogP contribution in [-0.4, -0.2) is 29.7 Å². The fraction of sp³-hybridized carbons (Fsp3) is 0.500. The molecule has 0 bridgehead atoms. The monoisotopic (exact) mass is 282 g/mol. The Balaban J connectivity index is 2.00. The minimum Gasteiger partial charge on any atom is -0.258 e. The molecule has 0 aromatic heterocycles. The molecular formula is C12H14N2O4S. The van der Waals surface area contributed by atoms with E-state index in [1.165, 1.54) is 28.6 Å². The first kappa shape index (κ1) is 12.6. The van der Waals surface area contributed by atoms with Crippen LogP contribution in [0.15, 0.2) is 29.2 Å². The minimum atomic E-state index is -3.73. The van der Waals surface area contributed by atoms with Crippen molar-refractivity contribution in [3.63, 3.8) is 0 Å². The van der Waals surface area contributed by atoms with Crippen LogP contribution in [0, 0.1) is 10.1 Å². The number of rotatable bonds is 3. The summed E-state index contributed by atoms with van der Waals surface area (Å²) in [5.41, 5.74) is -0.342. The van der Waals surface area contributed by atoms with E-state index in [0.29, 0.717) is 0 Å². The maximum absolute atomic E-state index is 12.5. The molecule has 1 aliphatic heterocycles. The predicted octanol–water partition coefficient (Wildman–Crippen LogP) is 1.91. The lowest BCUT2D eigenvalue weighted by Crippen LogP contribution is -2.17. The van der Waals surface area contributed by atoms with Gasteiger partial charge in [-0.3, -0.25) is 10.1 Å². The molecule has 102 valence electrons. The lowest BCUT2D eigenvalue weighted by Gasteiger charge is -2.06. The molecule has 0 amide bonds. The molecule has 7 heteroatoms. The average Bonchev–Trinajstić information content (AvgIpc) is 3.13. The molecule has 1 heterocycles. The van der Waals surface area contributed by atoms with Crippen LogP contribution in [0.2, 0.25) is 0 Å². The second kappa shape index (κ2) is 4.28. The Hall–Kier alpha value is -1.47. The second-order valence-corrected chi connectivity index (χ2v) is 6.79. The van der Waals surface area contributed by atoms with Gasteiger partial charge in [-0.15, -0.1) is 0 Å². The summed E-state index contributed by atoms with van der Waals surface area (Å²) in [6, 6.07) is 5.66. The molecule has 1 saturated heterocycles. The molecule has 1 saturated carbocycles. The van der Waals surface area contributed by atoms with Gasteiger partial charge in [-0.05, 0) is 18.9 Å². The normalized spacial score (nSPS) is 29.6. The van der Waals surface area contributed by atoms with Gasteiger partial charge in [0.2, 0.25) is 0 Å². The van der Waals surface area contributed by atoms with Gasteiger partial charge >= 0.3 is 0 Å². The van der Waals surface area contributed by atoms with Crippen molar-refractivity contribution in [3.05, 3.63) is 34.4 Å². The van der Waals surface area contributed by atoms with Crippen molar-refractivity contribution in [1.29, 1.82) is 0 Å². The summed E-state index contributed by atoms with van der Waals surface area (Å²) < 4.78 is 26.5. The Labute approximate surface area is 111 Å². The summed E-state index contributed by atoms with van der Waals surface area (Å²) >= 11 is 0. The molecule has 2 fully saturated rings. The van der Waals surface area contributed by atoms with Crippen LogP contribution in [0.25, 0.3) is 0 Å². The largest absolute Gasteiger partial charge is 0.289 e. The van der Waals surface area contributed by atoms with Crippen molar-refractivity contribution < 1.29 is 13.3 Å². The fourth-order valence-electron chi connectivity index (χ4n) is 2.95. The highest BCUT2D eigenvalue weighted by molar-refractivity contribution is 7.89. The molecule has 3 atom stereocenters. The van der Waals surface area contributed by atoms with Gasteiger partial charge in [0.15, 0.2) is 4.90 Å². The number of benzene rings is 1. The van der Waals surface area contributed by atoms with Crippen molar-refractivity contribution >= 4 is 15.7 Å². The summed E-state index contributed by atoms with van der Waals surface area (Å²) in [6.07, 6.45) is 3.79. The molecule has 0 N–H and O–H groups in total. The van der Waals surface area contributed by atoms with Crippen molar-refractivity contribution in [3.8, 4) is 0 Å². The zero-order valence-electron chi connectivity index (χ0n) is 10.2. The highest BCUT2D eigenvalue weighted by Crippen LogP contribution is 2.45. The summed E-state index contributed by atoms with van der Waals surface area (Å²) in [4.78, 5) is 10.1. The second-order valence-electron chi connectivity index (χ2n) is 4.98. The number of nitro benzene ring substituents is 1. The highest BCUT2D eigenvalue weighted by atomic mass is 32.2. The van der Waals surface area contributed by atoms with Crippen LogP contribution < -0.4 is 0 Å². The van der Waals surface area contributed by atoms with Crippen molar-refractivity contribution in [2.45, 2.75) is 42.7 Å². The summed E-state index contributed by atoms with van der Waals surface area (Å²) in [5, 5.41) is 10.9. The fourth-order valence-corrected chi connectivity index (χ4v) is 4.99. The smallest absolute Gasteiger partial charge is 0.258 e. The van der Waals surface area contributed by atoms with E-state index in [9.17, 15) is 18.5 Å². The van der Waals surface area contributed by atoms with E-state index in [1.807, 2.05) is 0 Å². The predicted molar refractivity (Wildman–Crippen MR) is 68.2 cm³/mol. The average molecular weight is 282 g/mol. The van der Waals surface area contributed by atoms with E-state index in [0.717, 1.165) is 25.7 Å². The Morgan fingerprint density at radius 1 is 1.16 bits per heavy atom. The summed E-state index contributed by atoms with van der Waals surface area (Å²) in [5.74, 6) is 0. The third-order valence-electron chi connectivity index (χ3n) is 3.88. The molecule has 19 heavy (non-hydrogen) atoms. The van der Waals surface area contributed by atoms with E-state index < -0.39 is 14.9 Å². The van der Waals surface area contributed by atoms with Gasteiger partial charge in [0.05, 0.1) is 4.92 Å². The number of nitrogens with zero attached hydrogens (tertiary/aromatic N) is 2. The van der Waals surface area contributed by atoms with Gasteiger partial charge in [-0.25, -0.2) is 8.42 Å². The molecule has 6 nitrogen and oxygen atoms in total. The Bertz CT molecular complexity index is 616. The SMILES string of the molecule is O=[N+]([O-])c1ccccc1S(=O)(=O)N1[C@@H]2CCCC[C@@H]21. The molecular weight excluding hydrogens is 268 g/mol. The highest BCUT2D eigenvalue weighted by Gasteiger charge is 2.56. The molecule has 1 aromatic rings. The van der Waals surface area contributed by atoms with Crippen molar-refractivity contribution in [2.24, 2.45) is 0 Å². The number of fused-ring (bicyclic) bond motifs is 1. The number of sulfonamides is 1. The van der Waals surface area contributed by atoms with Crippen LogP contribution in [0.3, 0.4) is 0 Å². The van der Waals surface area contributed by atoms with Crippen LogP contribution in [0.1, 0.15) is 25.7 Å². The first-order valence-corrected chi connectivity index (χ1v) is 7.74. The summed E-state index contributed by atoms with van der Waals surface area (Å²) in [7, 11) is -3.73. The summed E-state index contributed by atoms with van der Waals surface area (Å²) in [6.45, 7) is 0. The lowest BCUT2D eigenvalue weighted by atomic mass is 10.0. The maximum Gasteiger partial charge on any atom is 0.289 e. The number of nitro groups is 1. The van der Waals surface area contributed by atoms with Gasteiger partial charge in [-0.1, -0.05) is 25.0 Å². The molecule has 0 spiro atoms. The first-order valence-electron chi connectivity index (χ1n) is 6.30. The van der Waals surface area contributed by atoms with Crippen molar-refractivity contribution in [1.82, 2.24) is 4.31 Å². The third-order valence-corrected chi connectivity index (χ3v) is 5.87. The van der Waals surface area contributed by atoms with Crippen LogP contribution >= 0.6 is 0 Å². The Morgan fingerprint density at radius 2 is 1.74 bits per heavy atom. The van der Waals surface area contributed by atoms with E-state index in [-0.39, 0.29) is 22.7 Å². The quantitative estimate of drug-likeness (QED) is 0.482. The topological polar surface area (TPSA) is 80.3 Å². The Morgan fingerprint density at radius 3 is 2.32 bits per heavy atom. The molecule has 1 aromatic carbocycles. The van der Waals surface area contributed by atoms with Gasteiger partial charge in [0, 0.05) is 18.2 Å². The minimum absolute atomic E-state index is 0.0542. The van der Waals surface area contributed by atoms with Gasteiger partial charge in [0.1, 0.15) is 0 Å². The van der Waals surface area contributed by atoms with Gasteiger partial charge < -0.3 is 0 Å². The lowest BCUT2D eigenvalue weighted by molar-refractivity contribution is -0.387. The third kappa shape index (κ3) is 1.93. The van der Waals surface area contributed by atoms with Crippen LogP contribution in [0.5, 0.6) is 0 Å².